The van der Waals surface area contributed by atoms with Gasteiger partial charge in [0.15, 0.2) is 5.82 Å². The van der Waals surface area contributed by atoms with Gasteiger partial charge in [-0.25, -0.2) is 4.68 Å². The van der Waals surface area contributed by atoms with Crippen molar-refractivity contribution in [2.24, 2.45) is 0 Å². The maximum atomic E-state index is 4.45. The highest BCUT2D eigenvalue weighted by molar-refractivity contribution is 5.22. The van der Waals surface area contributed by atoms with Crippen LogP contribution >= 0.6 is 0 Å². The molecule has 0 radical (unpaired) electrons. The molecule has 2 aromatic heterocycles. The van der Waals surface area contributed by atoms with Crippen molar-refractivity contribution < 1.29 is 0 Å². The molecule has 0 fully saturated rings. The minimum Gasteiger partial charge on any atom is -0.314 e. The maximum absolute atomic E-state index is 4.45. The molecule has 17 heavy (non-hydrogen) atoms. The Hall–Kier alpha value is -1.75. The van der Waals surface area contributed by atoms with Crippen LogP contribution in [0.1, 0.15) is 31.2 Å². The van der Waals surface area contributed by atoms with Gasteiger partial charge in [-0.05, 0) is 31.2 Å². The lowest BCUT2D eigenvalue weighted by atomic mass is 10.1. The van der Waals surface area contributed by atoms with Crippen LogP contribution in [-0.4, -0.2) is 27.0 Å². The summed E-state index contributed by atoms with van der Waals surface area (Å²) in [5.41, 5.74) is 1.98. The highest BCUT2D eigenvalue weighted by atomic mass is 15.3. The molecule has 0 aliphatic carbocycles. The van der Waals surface area contributed by atoms with E-state index in [1.807, 2.05) is 31.4 Å². The average Bonchev–Trinajstić information content (AvgIpc) is 2.80. The van der Waals surface area contributed by atoms with Crippen molar-refractivity contribution in [3.8, 4) is 5.82 Å². The Morgan fingerprint density at radius 2 is 2.06 bits per heavy atom. The fourth-order valence-electron chi connectivity index (χ4n) is 1.52. The van der Waals surface area contributed by atoms with Crippen molar-refractivity contribution in [1.29, 1.82) is 0 Å². The molecule has 0 atom stereocenters. The Morgan fingerprint density at radius 3 is 2.59 bits per heavy atom. The first-order chi connectivity index (χ1) is 8.20. The Kier molecular flexibility index (Phi) is 3.49. The lowest BCUT2D eigenvalue weighted by molar-refractivity contribution is 0.726. The Morgan fingerprint density at radius 1 is 1.24 bits per heavy atom. The lowest BCUT2D eigenvalue weighted by Crippen LogP contribution is -2.09. The summed E-state index contributed by atoms with van der Waals surface area (Å²) in [6, 6.07) is 5.89. The molecule has 2 heterocycles. The van der Waals surface area contributed by atoms with E-state index in [1.165, 1.54) is 0 Å². The van der Waals surface area contributed by atoms with Gasteiger partial charge >= 0.3 is 0 Å². The van der Waals surface area contributed by atoms with Gasteiger partial charge in [-0.1, -0.05) is 13.8 Å². The zero-order valence-corrected chi connectivity index (χ0v) is 10.4. The molecule has 2 rings (SSSR count). The largest absolute Gasteiger partial charge is 0.314 e. The summed E-state index contributed by atoms with van der Waals surface area (Å²) in [7, 11) is 1.89. The summed E-state index contributed by atoms with van der Waals surface area (Å²) in [5.74, 6) is 1.17. The summed E-state index contributed by atoms with van der Waals surface area (Å²) >= 11 is 0. The minimum atomic E-state index is 0.424. The van der Waals surface area contributed by atoms with E-state index in [2.05, 4.69) is 34.5 Å². The molecule has 0 saturated carbocycles. The zero-order valence-electron chi connectivity index (χ0n) is 10.4. The van der Waals surface area contributed by atoms with E-state index in [-0.39, 0.29) is 0 Å². The fraction of sp³-hybridized carbons (Fsp3) is 0.417. The van der Waals surface area contributed by atoms with Crippen LogP contribution < -0.4 is 5.32 Å². The molecule has 5 heteroatoms. The number of hydrogen-bond acceptors (Lipinski definition) is 4. The molecule has 0 unspecified atom stereocenters. The third-order valence-corrected chi connectivity index (χ3v) is 2.50. The lowest BCUT2D eigenvalue weighted by Gasteiger charge is -2.02. The quantitative estimate of drug-likeness (QED) is 0.866. The van der Waals surface area contributed by atoms with Crippen LogP contribution in [0.3, 0.4) is 0 Å². The predicted octanol–water partition coefficient (Wildman–Crippen LogP) is 1.51. The Bertz CT molecular complexity index is 472. The Balaban J connectivity index is 2.21. The number of nitrogens with one attached hydrogen (secondary N) is 1. The van der Waals surface area contributed by atoms with Gasteiger partial charge in [0, 0.05) is 12.7 Å². The second-order valence-electron chi connectivity index (χ2n) is 4.25. The van der Waals surface area contributed by atoms with Crippen LogP contribution in [0.5, 0.6) is 0 Å². The van der Waals surface area contributed by atoms with Crippen LogP contribution in [0.4, 0.5) is 0 Å². The molecule has 0 spiro atoms. The van der Waals surface area contributed by atoms with E-state index < -0.39 is 0 Å². The molecule has 90 valence electrons. The van der Waals surface area contributed by atoms with Crippen molar-refractivity contribution in [2.75, 3.05) is 7.05 Å². The second kappa shape index (κ2) is 5.05. The van der Waals surface area contributed by atoms with Crippen LogP contribution in [0, 0.1) is 0 Å². The molecule has 0 aromatic carbocycles. The van der Waals surface area contributed by atoms with Gasteiger partial charge in [-0.15, -0.1) is 5.10 Å². The highest BCUT2D eigenvalue weighted by Crippen LogP contribution is 2.12. The fourth-order valence-corrected chi connectivity index (χ4v) is 1.52. The van der Waals surface area contributed by atoms with Crippen molar-refractivity contribution in [1.82, 2.24) is 25.3 Å². The van der Waals surface area contributed by atoms with E-state index in [4.69, 9.17) is 0 Å². The Labute approximate surface area is 101 Å². The molecule has 1 N–H and O–H groups in total. The van der Waals surface area contributed by atoms with E-state index in [1.54, 1.807) is 4.68 Å². The molecular formula is C12H17N5. The van der Waals surface area contributed by atoms with Gasteiger partial charge in [0.2, 0.25) is 0 Å². The standard InChI is InChI=1S/C12H17N5/c1-9(2)11-6-7-17(16-11)12-5-4-10(8-13-3)14-15-12/h4-7,9,13H,8H2,1-3H3. The number of hydrogen-bond donors (Lipinski definition) is 1. The normalized spacial score (nSPS) is 11.1. The van der Waals surface area contributed by atoms with Crippen molar-refractivity contribution >= 4 is 0 Å². The molecule has 0 aliphatic rings. The minimum absolute atomic E-state index is 0.424. The van der Waals surface area contributed by atoms with Crippen molar-refractivity contribution in [3.63, 3.8) is 0 Å². The van der Waals surface area contributed by atoms with Crippen molar-refractivity contribution in [3.05, 3.63) is 35.8 Å². The topological polar surface area (TPSA) is 55.6 Å². The van der Waals surface area contributed by atoms with E-state index >= 15 is 0 Å². The molecule has 0 amide bonds. The summed E-state index contributed by atoms with van der Waals surface area (Å²) in [4.78, 5) is 0. The van der Waals surface area contributed by atoms with Crippen LogP contribution in [0.25, 0.3) is 5.82 Å². The third kappa shape index (κ3) is 2.68. The zero-order chi connectivity index (χ0) is 12.3. The number of aromatic nitrogens is 4. The monoisotopic (exact) mass is 231 g/mol. The first kappa shape index (κ1) is 11.7. The first-order valence-corrected chi connectivity index (χ1v) is 5.74. The molecule has 0 saturated heterocycles. The van der Waals surface area contributed by atoms with Crippen LogP contribution in [0.2, 0.25) is 0 Å². The maximum Gasteiger partial charge on any atom is 0.175 e. The average molecular weight is 231 g/mol. The molecule has 0 bridgehead atoms. The molecule has 5 nitrogen and oxygen atoms in total. The number of nitrogens with zero attached hydrogens (tertiary/aromatic N) is 4. The van der Waals surface area contributed by atoms with Gasteiger partial charge in [0.05, 0.1) is 11.4 Å². The van der Waals surface area contributed by atoms with Gasteiger partial charge in [0.25, 0.3) is 0 Å². The summed E-state index contributed by atoms with van der Waals surface area (Å²) < 4.78 is 1.76. The van der Waals surface area contributed by atoms with Crippen molar-refractivity contribution in [2.45, 2.75) is 26.3 Å². The second-order valence-corrected chi connectivity index (χ2v) is 4.25. The third-order valence-electron chi connectivity index (χ3n) is 2.50. The molecule has 0 aliphatic heterocycles. The van der Waals surface area contributed by atoms with E-state index in [9.17, 15) is 0 Å². The van der Waals surface area contributed by atoms with Gasteiger partial charge in [-0.3, -0.25) is 0 Å². The highest BCUT2D eigenvalue weighted by Gasteiger charge is 2.05. The van der Waals surface area contributed by atoms with E-state index in [0.29, 0.717) is 5.92 Å². The van der Waals surface area contributed by atoms with E-state index in [0.717, 1.165) is 23.8 Å². The first-order valence-electron chi connectivity index (χ1n) is 5.74. The SMILES string of the molecule is CNCc1ccc(-n2ccc(C(C)C)n2)nn1. The summed E-state index contributed by atoms with van der Waals surface area (Å²) in [6.07, 6.45) is 1.91. The van der Waals surface area contributed by atoms with Crippen LogP contribution in [0.15, 0.2) is 24.4 Å². The molecule has 2 aromatic rings. The smallest absolute Gasteiger partial charge is 0.175 e. The molecular weight excluding hydrogens is 214 g/mol. The number of rotatable bonds is 4. The predicted molar refractivity (Wildman–Crippen MR) is 66.0 cm³/mol. The van der Waals surface area contributed by atoms with Crippen LogP contribution in [-0.2, 0) is 6.54 Å². The van der Waals surface area contributed by atoms with Gasteiger partial charge in [0.1, 0.15) is 0 Å². The van der Waals surface area contributed by atoms with Gasteiger partial charge < -0.3 is 5.32 Å². The summed E-state index contributed by atoms with van der Waals surface area (Å²) in [6.45, 7) is 4.96. The van der Waals surface area contributed by atoms with Gasteiger partial charge in [-0.2, -0.15) is 10.2 Å². The summed E-state index contributed by atoms with van der Waals surface area (Å²) in [5, 5.41) is 15.8.